The van der Waals surface area contributed by atoms with E-state index in [4.69, 9.17) is 10.5 Å². The fraction of sp³-hybridized carbons (Fsp3) is 0.692. The van der Waals surface area contributed by atoms with Gasteiger partial charge in [-0.2, -0.15) is 0 Å². The standard InChI is InChI=1S/C13H25N5O/c1-9(2)10(7-18(3)4)15-12-6-11(14)16-13(17-12)8-19-5/h6,9-10H,7-8H2,1-5H3,(H3,14,15,16,17). The molecule has 0 aliphatic heterocycles. The third-order valence-electron chi connectivity index (χ3n) is 2.77. The van der Waals surface area contributed by atoms with Crippen LogP contribution in [0.5, 0.6) is 0 Å². The SMILES string of the molecule is COCc1nc(N)cc(NC(CN(C)C)C(C)C)n1. The first-order valence-electron chi connectivity index (χ1n) is 6.46. The zero-order chi connectivity index (χ0) is 14.4. The molecule has 1 rings (SSSR count). The van der Waals surface area contributed by atoms with Crippen molar-refractivity contribution in [2.75, 3.05) is 38.8 Å². The van der Waals surface area contributed by atoms with E-state index in [0.29, 0.717) is 30.2 Å². The van der Waals surface area contributed by atoms with Gasteiger partial charge in [-0.05, 0) is 20.0 Å². The Labute approximate surface area is 115 Å². The van der Waals surface area contributed by atoms with Crippen LogP contribution in [-0.2, 0) is 11.3 Å². The third-order valence-corrected chi connectivity index (χ3v) is 2.77. The molecule has 1 aromatic rings. The van der Waals surface area contributed by atoms with Crippen molar-refractivity contribution in [3.63, 3.8) is 0 Å². The van der Waals surface area contributed by atoms with Crippen LogP contribution in [0.2, 0.25) is 0 Å². The summed E-state index contributed by atoms with van der Waals surface area (Å²) in [7, 11) is 5.73. The minimum Gasteiger partial charge on any atom is -0.384 e. The molecule has 1 aromatic heterocycles. The van der Waals surface area contributed by atoms with E-state index in [2.05, 4.69) is 48.1 Å². The maximum absolute atomic E-state index is 5.79. The molecule has 0 radical (unpaired) electrons. The first-order chi connectivity index (χ1) is 8.92. The minimum absolute atomic E-state index is 0.305. The Bertz CT molecular complexity index is 395. The summed E-state index contributed by atoms with van der Waals surface area (Å²) in [5, 5.41) is 3.42. The molecule has 1 atom stereocenters. The van der Waals surface area contributed by atoms with Gasteiger partial charge in [0.2, 0.25) is 0 Å². The van der Waals surface area contributed by atoms with Gasteiger partial charge in [0, 0.05) is 25.8 Å². The highest BCUT2D eigenvalue weighted by atomic mass is 16.5. The van der Waals surface area contributed by atoms with Crippen molar-refractivity contribution >= 4 is 11.6 Å². The second-order valence-electron chi connectivity index (χ2n) is 5.28. The van der Waals surface area contributed by atoms with Crippen molar-refractivity contribution in [1.29, 1.82) is 0 Å². The van der Waals surface area contributed by atoms with Gasteiger partial charge in [-0.15, -0.1) is 0 Å². The van der Waals surface area contributed by atoms with E-state index < -0.39 is 0 Å². The number of methoxy groups -OCH3 is 1. The van der Waals surface area contributed by atoms with Gasteiger partial charge in [-0.25, -0.2) is 9.97 Å². The number of aromatic nitrogens is 2. The average molecular weight is 267 g/mol. The van der Waals surface area contributed by atoms with Crippen LogP contribution in [0.15, 0.2) is 6.07 Å². The zero-order valence-corrected chi connectivity index (χ0v) is 12.5. The van der Waals surface area contributed by atoms with Crippen LogP contribution >= 0.6 is 0 Å². The van der Waals surface area contributed by atoms with Gasteiger partial charge >= 0.3 is 0 Å². The van der Waals surface area contributed by atoms with Gasteiger partial charge in [0.1, 0.15) is 18.2 Å². The lowest BCUT2D eigenvalue weighted by atomic mass is 10.0. The number of nitrogen functional groups attached to an aromatic ring is 1. The van der Waals surface area contributed by atoms with E-state index in [1.165, 1.54) is 0 Å². The molecule has 1 heterocycles. The van der Waals surface area contributed by atoms with Gasteiger partial charge in [0.25, 0.3) is 0 Å². The summed E-state index contributed by atoms with van der Waals surface area (Å²) in [4.78, 5) is 10.7. The lowest BCUT2D eigenvalue weighted by molar-refractivity contribution is 0.178. The average Bonchev–Trinajstić information content (AvgIpc) is 2.27. The van der Waals surface area contributed by atoms with Gasteiger partial charge in [-0.3, -0.25) is 0 Å². The van der Waals surface area contributed by atoms with Crippen molar-refractivity contribution in [3.05, 3.63) is 11.9 Å². The molecule has 0 aromatic carbocycles. The molecular formula is C13H25N5O. The molecule has 0 spiro atoms. The normalized spacial score (nSPS) is 13.0. The van der Waals surface area contributed by atoms with E-state index in [1.54, 1.807) is 13.2 Å². The molecule has 0 bridgehead atoms. The Morgan fingerprint density at radius 3 is 2.58 bits per heavy atom. The summed E-state index contributed by atoms with van der Waals surface area (Å²) in [5.74, 6) is 2.29. The van der Waals surface area contributed by atoms with E-state index in [0.717, 1.165) is 12.4 Å². The molecule has 108 valence electrons. The van der Waals surface area contributed by atoms with E-state index >= 15 is 0 Å². The number of ether oxygens (including phenoxy) is 1. The summed E-state index contributed by atoms with van der Waals surface area (Å²) < 4.78 is 5.04. The van der Waals surface area contributed by atoms with Crippen LogP contribution in [0, 0.1) is 5.92 Å². The predicted molar refractivity (Wildman–Crippen MR) is 78.0 cm³/mol. The van der Waals surface area contributed by atoms with Gasteiger partial charge in [-0.1, -0.05) is 13.8 Å². The summed E-state index contributed by atoms with van der Waals surface area (Å²) >= 11 is 0. The lowest BCUT2D eigenvalue weighted by Gasteiger charge is -2.26. The van der Waals surface area contributed by atoms with Crippen LogP contribution < -0.4 is 11.1 Å². The van der Waals surface area contributed by atoms with E-state index in [1.807, 2.05) is 0 Å². The van der Waals surface area contributed by atoms with Gasteiger partial charge in [0.15, 0.2) is 5.82 Å². The number of anilines is 2. The number of hydrogen-bond donors (Lipinski definition) is 2. The number of nitrogens with one attached hydrogen (secondary N) is 1. The Balaban J connectivity index is 2.83. The molecule has 1 unspecified atom stereocenters. The first kappa shape index (κ1) is 15.7. The van der Waals surface area contributed by atoms with Gasteiger partial charge in [0.05, 0.1) is 0 Å². The molecule has 0 fully saturated rings. The quantitative estimate of drug-likeness (QED) is 0.773. The van der Waals surface area contributed by atoms with Crippen LogP contribution in [0.25, 0.3) is 0 Å². The number of rotatable bonds is 7. The van der Waals surface area contributed by atoms with Crippen molar-refractivity contribution in [2.24, 2.45) is 5.92 Å². The fourth-order valence-electron chi connectivity index (χ4n) is 1.79. The number of likely N-dealkylation sites (N-methyl/N-ethyl adjacent to an activating group) is 1. The lowest BCUT2D eigenvalue weighted by Crippen LogP contribution is -2.36. The van der Waals surface area contributed by atoms with Crippen molar-refractivity contribution < 1.29 is 4.74 Å². The third kappa shape index (κ3) is 5.40. The van der Waals surface area contributed by atoms with Crippen LogP contribution in [0.1, 0.15) is 19.7 Å². The fourth-order valence-corrected chi connectivity index (χ4v) is 1.79. The summed E-state index contributed by atoms with van der Waals surface area (Å²) in [5.41, 5.74) is 5.79. The highest BCUT2D eigenvalue weighted by molar-refractivity contribution is 5.45. The van der Waals surface area contributed by atoms with Gasteiger partial charge < -0.3 is 20.7 Å². The van der Waals surface area contributed by atoms with Crippen molar-refractivity contribution in [2.45, 2.75) is 26.5 Å². The Kier molecular flexibility index (Phi) is 5.98. The molecule has 3 N–H and O–H groups in total. The monoisotopic (exact) mass is 267 g/mol. The van der Waals surface area contributed by atoms with E-state index in [-0.39, 0.29) is 0 Å². The van der Waals surface area contributed by atoms with Crippen LogP contribution in [0.4, 0.5) is 11.6 Å². The van der Waals surface area contributed by atoms with Crippen molar-refractivity contribution in [3.8, 4) is 0 Å². The largest absolute Gasteiger partial charge is 0.384 e. The smallest absolute Gasteiger partial charge is 0.158 e. The molecule has 0 amide bonds. The second-order valence-corrected chi connectivity index (χ2v) is 5.28. The molecule has 0 saturated heterocycles. The zero-order valence-electron chi connectivity index (χ0n) is 12.5. The van der Waals surface area contributed by atoms with Crippen LogP contribution in [-0.4, -0.2) is 48.7 Å². The summed E-state index contributed by atoms with van der Waals surface area (Å²) in [6.45, 7) is 5.66. The molecule has 0 aliphatic rings. The Morgan fingerprint density at radius 1 is 1.37 bits per heavy atom. The Hall–Kier alpha value is -1.40. The maximum atomic E-state index is 5.79. The molecule has 0 saturated carbocycles. The summed E-state index contributed by atoms with van der Waals surface area (Å²) in [6.07, 6.45) is 0. The first-order valence-corrected chi connectivity index (χ1v) is 6.46. The molecular weight excluding hydrogens is 242 g/mol. The topological polar surface area (TPSA) is 76.3 Å². The second kappa shape index (κ2) is 7.25. The number of nitrogens with zero attached hydrogens (tertiary/aromatic N) is 3. The highest BCUT2D eigenvalue weighted by Gasteiger charge is 2.15. The number of nitrogens with two attached hydrogens (primary N) is 1. The molecule has 19 heavy (non-hydrogen) atoms. The molecule has 6 heteroatoms. The maximum Gasteiger partial charge on any atom is 0.158 e. The Morgan fingerprint density at radius 2 is 2.05 bits per heavy atom. The predicted octanol–water partition coefficient (Wildman–Crippen LogP) is 1.20. The molecule has 6 nitrogen and oxygen atoms in total. The summed E-state index contributed by atoms with van der Waals surface area (Å²) in [6, 6.07) is 2.06. The highest BCUT2D eigenvalue weighted by Crippen LogP contribution is 2.14. The van der Waals surface area contributed by atoms with Crippen molar-refractivity contribution in [1.82, 2.24) is 14.9 Å². The van der Waals surface area contributed by atoms with E-state index in [9.17, 15) is 0 Å². The number of hydrogen-bond acceptors (Lipinski definition) is 6. The minimum atomic E-state index is 0.305. The van der Waals surface area contributed by atoms with Crippen LogP contribution in [0.3, 0.4) is 0 Å². The molecule has 0 aliphatic carbocycles.